The number of phenolic OH excluding ortho intramolecular Hbond substituents is 1. The lowest BCUT2D eigenvalue weighted by Crippen LogP contribution is -2.47. The zero-order valence-corrected chi connectivity index (χ0v) is 18.0. The molecule has 166 valence electrons. The second kappa shape index (κ2) is 11.6. The normalized spacial score (nSPS) is 14.8. The maximum Gasteiger partial charge on any atom is 0.254 e. The lowest BCUT2D eigenvalue weighted by atomic mass is 10.0. The maximum absolute atomic E-state index is 11.8. The van der Waals surface area contributed by atoms with Crippen molar-refractivity contribution in [3.8, 4) is 11.5 Å². The van der Waals surface area contributed by atoms with Gasteiger partial charge < -0.3 is 30.6 Å². The molecule has 0 bridgehead atoms. The van der Waals surface area contributed by atoms with E-state index in [0.717, 1.165) is 37.6 Å². The first-order chi connectivity index (χ1) is 13.5. The minimum absolute atomic E-state index is 0. The lowest BCUT2D eigenvalue weighted by molar-refractivity contribution is 0.0958. The van der Waals surface area contributed by atoms with Crippen molar-refractivity contribution >= 4 is 24.0 Å². The number of phenols is 1. The molecule has 2 aromatic carbocycles. The Bertz CT molecular complexity index is 828. The average Bonchev–Trinajstić information content (AvgIpc) is 2.74. The third kappa shape index (κ3) is 5.76. The number of rotatable bonds is 6. The number of halogens is 1. The van der Waals surface area contributed by atoms with Gasteiger partial charge in [0.25, 0.3) is 5.91 Å². The van der Waals surface area contributed by atoms with Crippen molar-refractivity contribution in [2.45, 2.75) is 6.10 Å². The number of piperazine rings is 1. The van der Waals surface area contributed by atoms with E-state index in [1.165, 1.54) is 13.1 Å². The largest absolute Gasteiger partial charge is 0.507 e. The number of β-amino-alcohol motifs (C(OH)–C–C–N with tert-alkyl or cyclic N) is 1. The summed E-state index contributed by atoms with van der Waals surface area (Å²) in [5, 5.41) is 23.0. The van der Waals surface area contributed by atoms with Crippen LogP contribution in [0.1, 0.15) is 22.0 Å². The quantitative estimate of drug-likeness (QED) is 0.623. The number of hydrogen-bond acceptors (Lipinski definition) is 6. The van der Waals surface area contributed by atoms with Crippen molar-refractivity contribution in [1.82, 2.24) is 10.2 Å². The van der Waals surface area contributed by atoms with Crippen molar-refractivity contribution in [3.63, 3.8) is 0 Å². The van der Waals surface area contributed by atoms with Crippen molar-refractivity contribution in [3.05, 3.63) is 53.6 Å². The van der Waals surface area contributed by atoms with Crippen LogP contribution in [-0.4, -0.2) is 73.4 Å². The van der Waals surface area contributed by atoms with E-state index in [9.17, 15) is 15.0 Å². The van der Waals surface area contributed by atoms with Gasteiger partial charge in [-0.25, -0.2) is 0 Å². The number of carbonyl (C=O) groups excluding carboxylic acids is 1. The number of aliphatic hydroxyl groups is 1. The van der Waals surface area contributed by atoms with Gasteiger partial charge in [0.2, 0.25) is 0 Å². The molecule has 30 heavy (non-hydrogen) atoms. The average molecular weight is 440 g/mol. The predicted molar refractivity (Wildman–Crippen MR) is 119 cm³/mol. The first-order valence-corrected chi connectivity index (χ1v) is 9.37. The van der Waals surface area contributed by atoms with E-state index in [1.807, 2.05) is 18.2 Å². The second-order valence-electron chi connectivity index (χ2n) is 6.83. The minimum atomic E-state index is -0.734. The number of nitrogens with zero attached hydrogens (tertiary/aromatic N) is 2. The molecule has 1 amide bonds. The highest BCUT2D eigenvalue weighted by molar-refractivity contribution is 5.96. The fourth-order valence-corrected chi connectivity index (χ4v) is 3.49. The summed E-state index contributed by atoms with van der Waals surface area (Å²) >= 11 is 0. The number of para-hydroxylation sites is 2. The fourth-order valence-electron chi connectivity index (χ4n) is 3.49. The van der Waals surface area contributed by atoms with E-state index >= 15 is 0 Å². The summed E-state index contributed by atoms with van der Waals surface area (Å²) in [6.07, 6.45) is -0.734. The number of aromatic hydroxyl groups is 1. The Morgan fingerprint density at radius 2 is 1.83 bits per heavy atom. The Kier molecular flexibility index (Phi) is 9.88. The van der Waals surface area contributed by atoms with Crippen LogP contribution in [-0.2, 0) is 0 Å². The SMILES string of the molecule is CNC(=O)c1cc(C(O)CN2CCN(c3ccccc3OC)CC2)ccc1O.Cl.O. The lowest BCUT2D eigenvalue weighted by Gasteiger charge is -2.37. The highest BCUT2D eigenvalue weighted by Gasteiger charge is 2.22. The molecule has 1 aliphatic heterocycles. The topological polar surface area (TPSA) is 117 Å². The zero-order valence-electron chi connectivity index (χ0n) is 17.2. The molecule has 2 aromatic rings. The zero-order chi connectivity index (χ0) is 20.1. The summed E-state index contributed by atoms with van der Waals surface area (Å²) < 4.78 is 5.45. The molecule has 1 heterocycles. The van der Waals surface area contributed by atoms with Crippen LogP contribution in [0.5, 0.6) is 11.5 Å². The molecule has 5 N–H and O–H groups in total. The van der Waals surface area contributed by atoms with Crippen LogP contribution in [0, 0.1) is 0 Å². The first kappa shape index (κ1) is 25.5. The summed E-state index contributed by atoms with van der Waals surface area (Å²) in [5.74, 6) is 0.388. The van der Waals surface area contributed by atoms with Gasteiger partial charge in [0.05, 0.1) is 24.5 Å². The number of benzene rings is 2. The van der Waals surface area contributed by atoms with Crippen LogP contribution in [0.25, 0.3) is 0 Å². The molecule has 8 nitrogen and oxygen atoms in total. The number of methoxy groups -OCH3 is 1. The van der Waals surface area contributed by atoms with E-state index in [0.29, 0.717) is 12.1 Å². The number of ether oxygens (including phenoxy) is 1. The van der Waals surface area contributed by atoms with E-state index in [4.69, 9.17) is 4.74 Å². The molecular formula is C21H30ClN3O5. The minimum Gasteiger partial charge on any atom is -0.507 e. The third-order valence-corrected chi connectivity index (χ3v) is 5.11. The summed E-state index contributed by atoms with van der Waals surface area (Å²) in [6.45, 7) is 3.78. The summed E-state index contributed by atoms with van der Waals surface area (Å²) in [5.41, 5.74) is 1.86. The Balaban J connectivity index is 0.00000225. The number of aliphatic hydroxyl groups excluding tert-OH is 1. The van der Waals surface area contributed by atoms with Gasteiger partial charge in [-0.05, 0) is 29.8 Å². The van der Waals surface area contributed by atoms with Gasteiger partial charge in [-0.2, -0.15) is 0 Å². The molecular weight excluding hydrogens is 410 g/mol. The Hall–Kier alpha value is -2.52. The molecule has 0 radical (unpaired) electrons. The van der Waals surface area contributed by atoms with Crippen molar-refractivity contribution < 1.29 is 25.2 Å². The van der Waals surface area contributed by atoms with Crippen molar-refractivity contribution in [2.24, 2.45) is 0 Å². The molecule has 1 atom stereocenters. The summed E-state index contributed by atoms with van der Waals surface area (Å²) in [7, 11) is 3.18. The van der Waals surface area contributed by atoms with Gasteiger partial charge in [-0.1, -0.05) is 18.2 Å². The highest BCUT2D eigenvalue weighted by Crippen LogP contribution is 2.29. The fraction of sp³-hybridized carbons (Fsp3) is 0.381. The van der Waals surface area contributed by atoms with Crippen molar-refractivity contribution in [1.29, 1.82) is 0 Å². The van der Waals surface area contributed by atoms with E-state index < -0.39 is 6.10 Å². The molecule has 1 aliphatic rings. The second-order valence-corrected chi connectivity index (χ2v) is 6.83. The van der Waals surface area contributed by atoms with Gasteiger partial charge in [0.1, 0.15) is 11.5 Å². The van der Waals surface area contributed by atoms with E-state index in [2.05, 4.69) is 21.2 Å². The third-order valence-electron chi connectivity index (χ3n) is 5.11. The van der Waals surface area contributed by atoms with E-state index in [1.54, 1.807) is 19.2 Å². The van der Waals surface area contributed by atoms with E-state index in [-0.39, 0.29) is 35.1 Å². The van der Waals surface area contributed by atoms with Crippen LogP contribution in [0.15, 0.2) is 42.5 Å². The van der Waals surface area contributed by atoms with Crippen molar-refractivity contribution in [2.75, 3.05) is 51.8 Å². The molecule has 0 saturated carbocycles. The smallest absolute Gasteiger partial charge is 0.254 e. The monoisotopic (exact) mass is 439 g/mol. The summed E-state index contributed by atoms with van der Waals surface area (Å²) in [4.78, 5) is 16.3. The molecule has 3 rings (SSSR count). The van der Waals surface area contributed by atoms with Gasteiger partial charge in [0.15, 0.2) is 0 Å². The van der Waals surface area contributed by atoms with Crippen LogP contribution in [0.4, 0.5) is 5.69 Å². The maximum atomic E-state index is 11.8. The highest BCUT2D eigenvalue weighted by atomic mass is 35.5. The summed E-state index contributed by atoms with van der Waals surface area (Å²) in [6, 6.07) is 12.6. The number of hydrogen-bond donors (Lipinski definition) is 3. The van der Waals surface area contributed by atoms with Crippen LogP contribution in [0.2, 0.25) is 0 Å². The number of anilines is 1. The molecule has 0 spiro atoms. The molecule has 9 heteroatoms. The molecule has 0 aromatic heterocycles. The van der Waals surface area contributed by atoms with Gasteiger partial charge in [-0.15, -0.1) is 12.4 Å². The number of carbonyl (C=O) groups is 1. The predicted octanol–water partition coefficient (Wildman–Crippen LogP) is 1.21. The standard InChI is InChI=1S/C21H27N3O4.ClH.H2O/c1-22-21(27)16-13-15(7-8-18(16)25)19(26)14-23-9-11-24(12-10-23)17-5-3-4-6-20(17)28-2;;/h3-8,13,19,25-26H,9-12,14H2,1-2H3,(H,22,27);1H;1H2. The van der Waals surface area contributed by atoms with Crippen LogP contribution >= 0.6 is 12.4 Å². The number of nitrogens with one attached hydrogen (secondary N) is 1. The van der Waals surface area contributed by atoms with Gasteiger partial charge in [0, 0.05) is 39.8 Å². The molecule has 1 fully saturated rings. The first-order valence-electron chi connectivity index (χ1n) is 9.37. The van der Waals surface area contributed by atoms with Gasteiger partial charge in [-0.3, -0.25) is 9.69 Å². The van der Waals surface area contributed by atoms with Crippen LogP contribution in [0.3, 0.4) is 0 Å². The Morgan fingerprint density at radius 3 is 2.47 bits per heavy atom. The number of amides is 1. The molecule has 1 saturated heterocycles. The molecule has 1 unspecified atom stereocenters. The van der Waals surface area contributed by atoms with Crippen LogP contribution < -0.4 is 15.0 Å². The molecule has 0 aliphatic carbocycles. The Morgan fingerprint density at radius 1 is 1.17 bits per heavy atom. The van der Waals surface area contributed by atoms with Gasteiger partial charge >= 0.3 is 0 Å². The Labute approximate surface area is 182 Å².